The van der Waals surface area contributed by atoms with Crippen molar-refractivity contribution in [2.24, 2.45) is 5.92 Å². The van der Waals surface area contributed by atoms with Crippen LogP contribution in [0.1, 0.15) is 31.1 Å². The highest BCUT2D eigenvalue weighted by Gasteiger charge is 2.18. The van der Waals surface area contributed by atoms with E-state index in [-0.39, 0.29) is 0 Å². The molecule has 0 saturated heterocycles. The van der Waals surface area contributed by atoms with E-state index in [1.807, 2.05) is 26.0 Å². The second kappa shape index (κ2) is 5.72. The third-order valence-electron chi connectivity index (χ3n) is 4.06. The van der Waals surface area contributed by atoms with Gasteiger partial charge in [-0.1, -0.05) is 13.8 Å². The Labute approximate surface area is 136 Å². The van der Waals surface area contributed by atoms with Crippen molar-refractivity contribution < 1.29 is 9.47 Å². The third-order valence-corrected chi connectivity index (χ3v) is 4.06. The van der Waals surface area contributed by atoms with Crippen LogP contribution in [-0.2, 0) is 6.42 Å². The second-order valence-electron chi connectivity index (χ2n) is 6.29. The van der Waals surface area contributed by atoms with Crippen molar-refractivity contribution in [3.63, 3.8) is 0 Å². The zero-order chi connectivity index (χ0) is 16.7. The second-order valence-corrected chi connectivity index (χ2v) is 6.29. The van der Waals surface area contributed by atoms with Gasteiger partial charge >= 0.3 is 0 Å². The normalized spacial score (nSPS) is 11.6. The van der Waals surface area contributed by atoms with Crippen LogP contribution in [0.5, 0.6) is 11.5 Å². The van der Waals surface area contributed by atoms with E-state index >= 15 is 0 Å². The lowest BCUT2D eigenvalue weighted by atomic mass is 10.1. The summed E-state index contributed by atoms with van der Waals surface area (Å²) in [4.78, 5) is 9.56. The van der Waals surface area contributed by atoms with Crippen molar-refractivity contribution >= 4 is 16.6 Å². The summed E-state index contributed by atoms with van der Waals surface area (Å²) in [5.41, 5.74) is 4.84. The Kier molecular flexibility index (Phi) is 3.88. The van der Waals surface area contributed by atoms with Crippen LogP contribution in [0.15, 0.2) is 12.1 Å². The van der Waals surface area contributed by atoms with E-state index in [0.29, 0.717) is 11.7 Å². The number of benzene rings is 1. The minimum absolute atomic E-state index is 0.524. The van der Waals surface area contributed by atoms with Crippen molar-refractivity contribution in [3.8, 4) is 11.5 Å². The molecular formula is C18H23N3O2. The monoisotopic (exact) mass is 313 g/mol. The van der Waals surface area contributed by atoms with E-state index < -0.39 is 0 Å². The maximum Gasteiger partial charge on any atom is 0.150 e. The number of hydrogen-bond acceptors (Lipinski definition) is 4. The van der Waals surface area contributed by atoms with Crippen LogP contribution in [0.25, 0.3) is 16.6 Å². The smallest absolute Gasteiger partial charge is 0.150 e. The van der Waals surface area contributed by atoms with Crippen LogP contribution in [0.3, 0.4) is 0 Å². The molecule has 0 atom stereocenters. The van der Waals surface area contributed by atoms with Crippen LogP contribution in [-0.4, -0.2) is 28.6 Å². The Balaban J connectivity index is 2.48. The van der Waals surface area contributed by atoms with Crippen molar-refractivity contribution in [2.75, 3.05) is 14.2 Å². The summed E-state index contributed by atoms with van der Waals surface area (Å²) in [6.07, 6.45) is 0.910. The number of aryl methyl sites for hydroxylation is 2. The summed E-state index contributed by atoms with van der Waals surface area (Å²) in [6, 6.07) is 3.87. The lowest BCUT2D eigenvalue weighted by Crippen LogP contribution is -2.04. The van der Waals surface area contributed by atoms with Crippen LogP contribution >= 0.6 is 0 Å². The SMILES string of the molecule is COc1cc(OC)c2nc(C)c3c(C)nc(CC(C)C)n3c2c1. The molecule has 0 aliphatic rings. The number of rotatable bonds is 4. The molecule has 0 bridgehead atoms. The minimum atomic E-state index is 0.524. The molecule has 0 aliphatic carbocycles. The largest absolute Gasteiger partial charge is 0.497 e. The Morgan fingerprint density at radius 1 is 1.04 bits per heavy atom. The highest BCUT2D eigenvalue weighted by molar-refractivity contribution is 5.87. The first-order chi connectivity index (χ1) is 11.0. The minimum Gasteiger partial charge on any atom is -0.497 e. The van der Waals surface area contributed by atoms with Gasteiger partial charge in [0.2, 0.25) is 0 Å². The van der Waals surface area contributed by atoms with Crippen LogP contribution in [0.2, 0.25) is 0 Å². The van der Waals surface area contributed by atoms with Gasteiger partial charge < -0.3 is 9.47 Å². The fourth-order valence-electron chi connectivity index (χ4n) is 3.12. The number of methoxy groups -OCH3 is 2. The summed E-state index contributed by atoms with van der Waals surface area (Å²) in [5.74, 6) is 3.05. The van der Waals surface area contributed by atoms with Gasteiger partial charge in [0.15, 0.2) is 0 Å². The zero-order valence-electron chi connectivity index (χ0n) is 14.6. The molecule has 0 unspecified atom stereocenters. The number of ether oxygens (including phenoxy) is 2. The fourth-order valence-corrected chi connectivity index (χ4v) is 3.12. The summed E-state index contributed by atoms with van der Waals surface area (Å²) in [5, 5.41) is 0. The first-order valence-corrected chi connectivity index (χ1v) is 7.86. The van der Waals surface area contributed by atoms with Gasteiger partial charge in [-0.2, -0.15) is 0 Å². The Morgan fingerprint density at radius 3 is 2.35 bits per heavy atom. The molecule has 0 fully saturated rings. The molecule has 23 heavy (non-hydrogen) atoms. The van der Waals surface area contributed by atoms with Gasteiger partial charge in [0.05, 0.1) is 36.6 Å². The first-order valence-electron chi connectivity index (χ1n) is 7.86. The molecule has 2 aromatic heterocycles. The molecule has 0 radical (unpaired) electrons. The number of imidazole rings is 1. The molecule has 0 aliphatic heterocycles. The van der Waals surface area contributed by atoms with E-state index in [1.54, 1.807) is 14.2 Å². The maximum atomic E-state index is 5.53. The Hall–Kier alpha value is -2.30. The van der Waals surface area contributed by atoms with Crippen molar-refractivity contribution in [1.82, 2.24) is 14.4 Å². The molecule has 3 rings (SSSR count). The van der Waals surface area contributed by atoms with Gasteiger partial charge in [0.1, 0.15) is 22.8 Å². The highest BCUT2D eigenvalue weighted by Crippen LogP contribution is 2.33. The van der Waals surface area contributed by atoms with Gasteiger partial charge in [-0.05, 0) is 19.8 Å². The summed E-state index contributed by atoms with van der Waals surface area (Å²) >= 11 is 0. The zero-order valence-corrected chi connectivity index (χ0v) is 14.6. The van der Waals surface area contributed by atoms with E-state index in [9.17, 15) is 0 Å². The van der Waals surface area contributed by atoms with Crippen molar-refractivity contribution in [2.45, 2.75) is 34.1 Å². The van der Waals surface area contributed by atoms with Crippen LogP contribution in [0, 0.1) is 19.8 Å². The number of nitrogens with zero attached hydrogens (tertiary/aromatic N) is 3. The molecule has 0 amide bonds. The first kappa shape index (κ1) is 15.6. The molecule has 0 N–H and O–H groups in total. The highest BCUT2D eigenvalue weighted by atomic mass is 16.5. The average Bonchev–Trinajstić information content (AvgIpc) is 2.83. The van der Waals surface area contributed by atoms with Crippen LogP contribution in [0.4, 0.5) is 0 Å². The average molecular weight is 313 g/mol. The number of aromatic nitrogens is 3. The van der Waals surface area contributed by atoms with Crippen molar-refractivity contribution in [3.05, 3.63) is 29.3 Å². The molecule has 0 saturated carbocycles. The molecule has 2 heterocycles. The third kappa shape index (κ3) is 2.50. The number of fused-ring (bicyclic) bond motifs is 3. The predicted octanol–water partition coefficient (Wildman–Crippen LogP) is 3.72. The van der Waals surface area contributed by atoms with Gasteiger partial charge in [0.25, 0.3) is 0 Å². The topological polar surface area (TPSA) is 48.7 Å². The van der Waals surface area contributed by atoms with E-state index in [4.69, 9.17) is 19.4 Å². The molecule has 122 valence electrons. The van der Waals surface area contributed by atoms with Crippen LogP contribution < -0.4 is 9.47 Å². The van der Waals surface area contributed by atoms with Gasteiger partial charge in [-0.15, -0.1) is 0 Å². The van der Waals surface area contributed by atoms with E-state index in [2.05, 4.69) is 18.2 Å². The van der Waals surface area contributed by atoms with E-state index in [1.165, 1.54) is 0 Å². The molecule has 3 aromatic rings. The van der Waals surface area contributed by atoms with Crippen molar-refractivity contribution in [1.29, 1.82) is 0 Å². The predicted molar refractivity (Wildman–Crippen MR) is 91.6 cm³/mol. The molecule has 5 nitrogen and oxygen atoms in total. The maximum absolute atomic E-state index is 5.53. The summed E-state index contributed by atoms with van der Waals surface area (Å²) in [7, 11) is 3.32. The molecule has 0 spiro atoms. The van der Waals surface area contributed by atoms with E-state index in [0.717, 1.165) is 45.9 Å². The lowest BCUT2D eigenvalue weighted by molar-refractivity contribution is 0.397. The number of hydrogen-bond donors (Lipinski definition) is 0. The van der Waals surface area contributed by atoms with Gasteiger partial charge in [0, 0.05) is 18.6 Å². The lowest BCUT2D eigenvalue weighted by Gasteiger charge is -2.13. The Morgan fingerprint density at radius 2 is 1.74 bits per heavy atom. The quantitative estimate of drug-likeness (QED) is 0.736. The molecule has 5 heteroatoms. The fraction of sp³-hybridized carbons (Fsp3) is 0.444. The molecular weight excluding hydrogens is 290 g/mol. The Bertz CT molecular complexity index is 881. The standard InChI is InChI=1S/C18H23N3O2/c1-10(2)7-16-19-11(3)18-12(4)20-17-14(21(16)18)8-13(22-5)9-15(17)23-6/h8-10H,7H2,1-6H3. The van der Waals surface area contributed by atoms with Gasteiger partial charge in [-0.3, -0.25) is 4.40 Å². The molecule has 1 aromatic carbocycles. The van der Waals surface area contributed by atoms with Gasteiger partial charge in [-0.25, -0.2) is 9.97 Å². The summed E-state index contributed by atoms with van der Waals surface area (Å²) < 4.78 is 13.2. The summed E-state index contributed by atoms with van der Waals surface area (Å²) in [6.45, 7) is 8.46.